The molecular formula is C19H21F2N5OS. The fourth-order valence-electron chi connectivity index (χ4n) is 2.07. The molecule has 148 valence electrons. The van der Waals surface area contributed by atoms with Crippen LogP contribution >= 0.6 is 11.9 Å². The molecule has 0 aliphatic carbocycles. The Kier molecular flexibility index (Phi) is 8.06. The van der Waals surface area contributed by atoms with Gasteiger partial charge in [0.25, 0.3) is 0 Å². The Morgan fingerprint density at radius 2 is 2.07 bits per heavy atom. The summed E-state index contributed by atoms with van der Waals surface area (Å²) in [5.74, 6) is -0.527. The number of carbonyl (C=O) groups is 1. The molecule has 9 heteroatoms. The van der Waals surface area contributed by atoms with Gasteiger partial charge >= 0.3 is 0 Å². The monoisotopic (exact) mass is 405 g/mol. The van der Waals surface area contributed by atoms with E-state index in [4.69, 9.17) is 5.73 Å². The number of anilines is 1. The first-order chi connectivity index (χ1) is 13.4. The van der Waals surface area contributed by atoms with Gasteiger partial charge in [-0.1, -0.05) is 37.1 Å². The molecule has 2 rings (SSSR count). The normalized spacial score (nSPS) is 12.1. The summed E-state index contributed by atoms with van der Waals surface area (Å²) in [7, 11) is 0. The zero-order valence-electron chi connectivity index (χ0n) is 15.6. The van der Waals surface area contributed by atoms with E-state index in [9.17, 15) is 13.6 Å². The van der Waals surface area contributed by atoms with Gasteiger partial charge in [-0.25, -0.2) is 18.7 Å². The summed E-state index contributed by atoms with van der Waals surface area (Å²) in [6, 6.07) is 6.16. The minimum absolute atomic E-state index is 0.00692. The lowest BCUT2D eigenvalue weighted by Crippen LogP contribution is -2.13. The molecular weight excluding hydrogens is 384 g/mol. The van der Waals surface area contributed by atoms with Crippen LogP contribution in [0.2, 0.25) is 0 Å². The molecule has 0 unspecified atom stereocenters. The van der Waals surface area contributed by atoms with Gasteiger partial charge in [0.15, 0.2) is 23.2 Å². The molecule has 6 nitrogen and oxygen atoms in total. The minimum Gasteiger partial charge on any atom is -0.396 e. The van der Waals surface area contributed by atoms with Crippen molar-refractivity contribution in [3.63, 3.8) is 0 Å². The van der Waals surface area contributed by atoms with Crippen molar-refractivity contribution in [2.75, 3.05) is 10.5 Å². The molecule has 0 saturated carbocycles. The fraction of sp³-hybridized carbons (Fsp3) is 0.263. The molecule has 0 amide bonds. The number of hydrogen-bond donors (Lipinski definition) is 2. The molecule has 0 atom stereocenters. The van der Waals surface area contributed by atoms with E-state index in [0.29, 0.717) is 5.56 Å². The lowest BCUT2D eigenvalue weighted by Gasteiger charge is -2.07. The van der Waals surface area contributed by atoms with Gasteiger partial charge in [-0.15, -0.1) is 0 Å². The maximum absolute atomic E-state index is 13.8. The van der Waals surface area contributed by atoms with Gasteiger partial charge < -0.3 is 10.5 Å². The van der Waals surface area contributed by atoms with E-state index >= 15 is 0 Å². The molecule has 2 aromatic rings. The van der Waals surface area contributed by atoms with Gasteiger partial charge in [0.1, 0.15) is 11.5 Å². The third kappa shape index (κ3) is 6.12. The van der Waals surface area contributed by atoms with E-state index in [-0.39, 0.29) is 35.4 Å². The molecule has 0 radical (unpaired) electrons. The van der Waals surface area contributed by atoms with E-state index in [1.165, 1.54) is 31.0 Å². The summed E-state index contributed by atoms with van der Waals surface area (Å²) < 4.78 is 30.3. The van der Waals surface area contributed by atoms with E-state index in [2.05, 4.69) is 19.7 Å². The maximum atomic E-state index is 13.8. The number of benzene rings is 1. The summed E-state index contributed by atoms with van der Waals surface area (Å²) in [4.78, 5) is 23.9. The highest BCUT2D eigenvalue weighted by Crippen LogP contribution is 2.17. The van der Waals surface area contributed by atoms with Crippen LogP contribution in [0.25, 0.3) is 5.70 Å². The van der Waals surface area contributed by atoms with Gasteiger partial charge in [-0.2, -0.15) is 0 Å². The van der Waals surface area contributed by atoms with E-state index < -0.39 is 11.6 Å². The Morgan fingerprint density at radius 3 is 2.75 bits per heavy atom. The number of hydrogen-bond acceptors (Lipinski definition) is 7. The Balaban J connectivity index is 2.24. The maximum Gasteiger partial charge on any atom is 0.184 e. The largest absolute Gasteiger partial charge is 0.396 e. The van der Waals surface area contributed by atoms with Crippen LogP contribution in [-0.2, 0) is 11.3 Å². The van der Waals surface area contributed by atoms with Gasteiger partial charge in [-0.05, 0) is 18.6 Å². The zero-order chi connectivity index (χ0) is 20.5. The summed E-state index contributed by atoms with van der Waals surface area (Å²) in [6.07, 6.45) is 3.22. The van der Waals surface area contributed by atoms with Gasteiger partial charge in [0.05, 0.1) is 18.4 Å². The molecule has 3 N–H and O–H groups in total. The highest BCUT2D eigenvalue weighted by atomic mass is 32.2. The molecule has 0 spiro atoms. The standard InChI is InChI=1S/C19H21F2N5OS/c1-3-8-28-26-18-15(21)11-24-19(25-18)16(22)9-17(12(2)27)23-10-13-6-4-5-7-14(13)20/h4-7,9,11H,3,8,10,22H2,1-2H3,(H,24,25,26). The second kappa shape index (κ2) is 10.5. The number of aliphatic imine (C=N–C) groups is 1. The van der Waals surface area contributed by atoms with Crippen molar-refractivity contribution in [2.24, 2.45) is 10.7 Å². The molecule has 0 fully saturated rings. The SMILES string of the molecule is CCCSNc1nc(C(N)=CC(=NCc2ccccc2F)C(C)=O)ncc1F. The molecule has 1 heterocycles. The third-order valence-electron chi connectivity index (χ3n) is 3.51. The molecule has 0 saturated heterocycles. The summed E-state index contributed by atoms with van der Waals surface area (Å²) in [5, 5.41) is 0. The first-order valence-corrected chi connectivity index (χ1v) is 9.57. The van der Waals surface area contributed by atoms with E-state index in [1.807, 2.05) is 6.92 Å². The van der Waals surface area contributed by atoms with Gasteiger partial charge in [-0.3, -0.25) is 9.79 Å². The van der Waals surface area contributed by atoms with Crippen LogP contribution in [0.15, 0.2) is 41.5 Å². The Labute approximate surface area is 166 Å². The highest BCUT2D eigenvalue weighted by Gasteiger charge is 2.11. The van der Waals surface area contributed by atoms with Crippen molar-refractivity contribution in [2.45, 2.75) is 26.8 Å². The number of allylic oxidation sites excluding steroid dienone is 1. The predicted molar refractivity (Wildman–Crippen MR) is 109 cm³/mol. The van der Waals surface area contributed by atoms with Crippen LogP contribution in [-0.4, -0.2) is 27.2 Å². The van der Waals surface area contributed by atoms with Gasteiger partial charge in [0.2, 0.25) is 0 Å². The number of nitrogens with one attached hydrogen (secondary N) is 1. The third-order valence-corrected chi connectivity index (χ3v) is 4.46. The number of nitrogens with two attached hydrogens (primary N) is 1. The number of ketones is 1. The van der Waals surface area contributed by atoms with Crippen LogP contribution in [0.4, 0.5) is 14.6 Å². The molecule has 28 heavy (non-hydrogen) atoms. The summed E-state index contributed by atoms with van der Waals surface area (Å²) in [6.45, 7) is 3.31. The van der Waals surface area contributed by atoms with Crippen molar-refractivity contribution in [3.8, 4) is 0 Å². The van der Waals surface area contributed by atoms with Crippen LogP contribution in [0.1, 0.15) is 31.7 Å². The van der Waals surface area contributed by atoms with Crippen molar-refractivity contribution < 1.29 is 13.6 Å². The predicted octanol–water partition coefficient (Wildman–Crippen LogP) is 3.75. The topological polar surface area (TPSA) is 93.3 Å². The first-order valence-electron chi connectivity index (χ1n) is 8.59. The second-order valence-electron chi connectivity index (χ2n) is 5.79. The van der Waals surface area contributed by atoms with Crippen LogP contribution < -0.4 is 10.5 Å². The zero-order valence-corrected chi connectivity index (χ0v) is 16.4. The molecule has 0 bridgehead atoms. The smallest absolute Gasteiger partial charge is 0.184 e. The number of rotatable bonds is 9. The highest BCUT2D eigenvalue weighted by molar-refractivity contribution is 8.00. The minimum atomic E-state index is -0.611. The fourth-order valence-corrected chi connectivity index (χ4v) is 2.65. The van der Waals surface area contributed by atoms with E-state index in [0.717, 1.165) is 18.4 Å². The second-order valence-corrected chi connectivity index (χ2v) is 6.69. The average molecular weight is 405 g/mol. The van der Waals surface area contributed by atoms with Crippen LogP contribution in [0, 0.1) is 11.6 Å². The van der Waals surface area contributed by atoms with Crippen molar-refractivity contribution in [3.05, 3.63) is 59.6 Å². The molecule has 0 aliphatic rings. The summed E-state index contributed by atoms with van der Waals surface area (Å²) in [5.41, 5.74) is 6.42. The molecule has 0 aliphatic heterocycles. The Morgan fingerprint density at radius 1 is 1.32 bits per heavy atom. The average Bonchev–Trinajstić information content (AvgIpc) is 2.67. The number of carbonyl (C=O) groups excluding carboxylic acids is 1. The van der Waals surface area contributed by atoms with Crippen molar-refractivity contribution in [1.29, 1.82) is 0 Å². The quantitative estimate of drug-likeness (QED) is 0.375. The molecule has 1 aromatic carbocycles. The number of nitrogens with zero attached hydrogens (tertiary/aromatic N) is 3. The lowest BCUT2D eigenvalue weighted by molar-refractivity contribution is -0.111. The number of halogens is 2. The van der Waals surface area contributed by atoms with Crippen molar-refractivity contribution in [1.82, 2.24) is 9.97 Å². The Bertz CT molecular complexity index is 902. The van der Waals surface area contributed by atoms with Crippen molar-refractivity contribution >= 4 is 35.0 Å². The van der Waals surface area contributed by atoms with Gasteiger partial charge in [0, 0.05) is 18.2 Å². The van der Waals surface area contributed by atoms with Crippen LogP contribution in [0.3, 0.4) is 0 Å². The lowest BCUT2D eigenvalue weighted by atomic mass is 10.2. The number of aromatic nitrogens is 2. The summed E-state index contributed by atoms with van der Waals surface area (Å²) >= 11 is 1.31. The number of Topliss-reactive ketones (excluding diaryl/α,β-unsaturated/α-hetero) is 1. The molecule has 1 aromatic heterocycles. The van der Waals surface area contributed by atoms with E-state index in [1.54, 1.807) is 18.2 Å². The first kappa shape index (κ1) is 21.5. The van der Waals surface area contributed by atoms with Crippen LogP contribution in [0.5, 0.6) is 0 Å². The Hall–Kier alpha value is -2.81.